The lowest BCUT2D eigenvalue weighted by molar-refractivity contribution is -0.136. The maximum atomic E-state index is 12.4. The van der Waals surface area contributed by atoms with Crippen molar-refractivity contribution in [3.05, 3.63) is 23.8 Å². The Hall–Kier alpha value is -1.89. The van der Waals surface area contributed by atoms with Crippen LogP contribution in [-0.2, 0) is 11.3 Å². The molecule has 1 fully saturated rings. The van der Waals surface area contributed by atoms with Crippen molar-refractivity contribution in [3.63, 3.8) is 0 Å². The maximum absolute atomic E-state index is 12.4. The van der Waals surface area contributed by atoms with Gasteiger partial charge in [0.2, 0.25) is 5.91 Å². The van der Waals surface area contributed by atoms with E-state index in [1.54, 1.807) is 31.0 Å². The van der Waals surface area contributed by atoms with E-state index in [0.29, 0.717) is 19.1 Å². The lowest BCUT2D eigenvalue weighted by Crippen LogP contribution is -2.49. The molecule has 1 unspecified atom stereocenters. The van der Waals surface area contributed by atoms with E-state index in [0.717, 1.165) is 18.7 Å². The first-order chi connectivity index (χ1) is 11.4. The summed E-state index contributed by atoms with van der Waals surface area (Å²) in [6.45, 7) is 3.26. The van der Waals surface area contributed by atoms with Gasteiger partial charge in [0.05, 0.1) is 6.61 Å². The van der Waals surface area contributed by atoms with Gasteiger partial charge in [0.1, 0.15) is 0 Å². The zero-order valence-electron chi connectivity index (χ0n) is 14.2. The summed E-state index contributed by atoms with van der Waals surface area (Å²) in [6.07, 6.45) is 0. The molecule has 1 aromatic carbocycles. The molecule has 1 N–H and O–H groups in total. The number of alkyl halides is 2. The third-order valence-corrected chi connectivity index (χ3v) is 4.23. The van der Waals surface area contributed by atoms with Crippen LogP contribution in [0.2, 0.25) is 0 Å². The molecule has 0 aromatic heterocycles. The molecule has 1 aliphatic rings. The fraction of sp³-hybridized carbons (Fsp3) is 0.588. The second-order valence-corrected chi connectivity index (χ2v) is 5.99. The summed E-state index contributed by atoms with van der Waals surface area (Å²) in [4.78, 5) is 14.1. The number of nitrogens with zero attached hydrogens (tertiary/aromatic N) is 1. The van der Waals surface area contributed by atoms with Crippen LogP contribution in [-0.4, -0.2) is 44.2 Å². The molecule has 2 rings (SSSR count). The fourth-order valence-corrected chi connectivity index (χ4v) is 2.68. The Morgan fingerprint density at radius 1 is 1.38 bits per heavy atom. The Balaban J connectivity index is 2.05. The third kappa shape index (κ3) is 4.56. The SMILES string of the molecule is CCOc1cc(CN(C)C(=O)C(C)C2CNC2)ccc1OC(F)F. The maximum Gasteiger partial charge on any atom is 0.387 e. The van der Waals surface area contributed by atoms with Gasteiger partial charge in [-0.05, 0) is 43.6 Å². The number of carbonyl (C=O) groups excluding carboxylic acids is 1. The molecule has 1 atom stereocenters. The Kier molecular flexibility index (Phi) is 6.36. The molecule has 0 aliphatic carbocycles. The lowest BCUT2D eigenvalue weighted by atomic mass is 9.88. The lowest BCUT2D eigenvalue weighted by Gasteiger charge is -2.34. The van der Waals surface area contributed by atoms with Crippen molar-refractivity contribution >= 4 is 5.91 Å². The van der Waals surface area contributed by atoms with Crippen LogP contribution in [0.5, 0.6) is 11.5 Å². The Bertz CT molecular complexity index is 565. The van der Waals surface area contributed by atoms with Crippen LogP contribution < -0.4 is 14.8 Å². The van der Waals surface area contributed by atoms with E-state index >= 15 is 0 Å². The van der Waals surface area contributed by atoms with Crippen molar-refractivity contribution in [2.45, 2.75) is 27.0 Å². The molecular formula is C17H24F2N2O3. The highest BCUT2D eigenvalue weighted by Crippen LogP contribution is 2.30. The predicted octanol–water partition coefficient (Wildman–Crippen LogP) is 2.50. The van der Waals surface area contributed by atoms with E-state index in [1.165, 1.54) is 6.07 Å². The molecule has 24 heavy (non-hydrogen) atoms. The first-order valence-electron chi connectivity index (χ1n) is 8.08. The first-order valence-corrected chi connectivity index (χ1v) is 8.08. The second-order valence-electron chi connectivity index (χ2n) is 5.99. The number of carbonyl (C=O) groups is 1. The van der Waals surface area contributed by atoms with Gasteiger partial charge >= 0.3 is 6.61 Å². The number of halogens is 2. The average molecular weight is 342 g/mol. The summed E-state index contributed by atoms with van der Waals surface area (Å²) < 4.78 is 34.7. The van der Waals surface area contributed by atoms with Gasteiger partial charge in [0.15, 0.2) is 11.5 Å². The van der Waals surface area contributed by atoms with Crippen molar-refractivity contribution in [2.24, 2.45) is 11.8 Å². The highest BCUT2D eigenvalue weighted by Gasteiger charge is 2.30. The van der Waals surface area contributed by atoms with Crippen LogP contribution in [0, 0.1) is 11.8 Å². The number of benzene rings is 1. The molecule has 0 saturated carbocycles. The third-order valence-electron chi connectivity index (χ3n) is 4.23. The molecular weight excluding hydrogens is 318 g/mol. The molecule has 1 aromatic rings. The minimum atomic E-state index is -2.91. The van der Waals surface area contributed by atoms with Gasteiger partial charge in [-0.1, -0.05) is 13.0 Å². The van der Waals surface area contributed by atoms with E-state index in [1.807, 2.05) is 6.92 Å². The van der Waals surface area contributed by atoms with Gasteiger partial charge in [-0.3, -0.25) is 4.79 Å². The highest BCUT2D eigenvalue weighted by atomic mass is 19.3. The van der Waals surface area contributed by atoms with Crippen LogP contribution in [0.15, 0.2) is 18.2 Å². The van der Waals surface area contributed by atoms with Crippen molar-refractivity contribution in [1.29, 1.82) is 0 Å². The van der Waals surface area contributed by atoms with Crippen molar-refractivity contribution in [1.82, 2.24) is 10.2 Å². The molecule has 0 spiro atoms. The van der Waals surface area contributed by atoms with E-state index in [4.69, 9.17) is 4.74 Å². The molecule has 5 nitrogen and oxygen atoms in total. The molecule has 0 radical (unpaired) electrons. The van der Waals surface area contributed by atoms with Crippen LogP contribution in [0.25, 0.3) is 0 Å². The van der Waals surface area contributed by atoms with E-state index < -0.39 is 6.61 Å². The van der Waals surface area contributed by atoms with Crippen LogP contribution in [0.3, 0.4) is 0 Å². The summed E-state index contributed by atoms with van der Waals surface area (Å²) in [5.74, 6) is 0.669. The van der Waals surface area contributed by atoms with Crippen LogP contribution >= 0.6 is 0 Å². The normalized spacial score (nSPS) is 15.8. The number of hydrogen-bond donors (Lipinski definition) is 1. The largest absolute Gasteiger partial charge is 0.490 e. The van der Waals surface area contributed by atoms with E-state index in [2.05, 4.69) is 10.1 Å². The molecule has 1 aliphatic heterocycles. The Morgan fingerprint density at radius 2 is 2.08 bits per heavy atom. The van der Waals surface area contributed by atoms with Gasteiger partial charge in [-0.25, -0.2) is 0 Å². The molecule has 134 valence electrons. The van der Waals surface area contributed by atoms with Crippen molar-refractivity contribution in [2.75, 3.05) is 26.7 Å². The number of rotatable bonds is 8. The summed E-state index contributed by atoms with van der Waals surface area (Å²) in [5.41, 5.74) is 0.801. The summed E-state index contributed by atoms with van der Waals surface area (Å²) >= 11 is 0. The average Bonchev–Trinajstić information content (AvgIpc) is 2.47. The Morgan fingerprint density at radius 3 is 2.62 bits per heavy atom. The van der Waals surface area contributed by atoms with Gasteiger partial charge in [0.25, 0.3) is 0 Å². The minimum Gasteiger partial charge on any atom is -0.490 e. The molecule has 1 amide bonds. The molecule has 1 saturated heterocycles. The summed E-state index contributed by atoms with van der Waals surface area (Å²) in [6, 6.07) is 4.75. The zero-order valence-corrected chi connectivity index (χ0v) is 14.2. The minimum absolute atomic E-state index is 0.00140. The fourth-order valence-electron chi connectivity index (χ4n) is 2.68. The topological polar surface area (TPSA) is 50.8 Å². The first kappa shape index (κ1) is 18.4. The highest BCUT2D eigenvalue weighted by molar-refractivity contribution is 5.78. The number of amides is 1. The van der Waals surface area contributed by atoms with Crippen molar-refractivity contribution < 1.29 is 23.0 Å². The van der Waals surface area contributed by atoms with E-state index in [-0.39, 0.29) is 23.3 Å². The smallest absolute Gasteiger partial charge is 0.387 e. The zero-order chi connectivity index (χ0) is 17.7. The molecule has 7 heteroatoms. The van der Waals surface area contributed by atoms with Gasteiger partial charge in [-0.15, -0.1) is 0 Å². The van der Waals surface area contributed by atoms with Gasteiger partial charge in [0, 0.05) is 19.5 Å². The number of hydrogen-bond acceptors (Lipinski definition) is 4. The Labute approximate surface area is 140 Å². The molecule has 1 heterocycles. The monoisotopic (exact) mass is 342 g/mol. The number of nitrogens with one attached hydrogen (secondary N) is 1. The number of ether oxygens (including phenoxy) is 2. The quantitative estimate of drug-likeness (QED) is 0.789. The van der Waals surface area contributed by atoms with Crippen LogP contribution in [0.4, 0.5) is 8.78 Å². The second kappa shape index (κ2) is 8.28. The molecule has 0 bridgehead atoms. The summed E-state index contributed by atoms with van der Waals surface area (Å²) in [7, 11) is 1.74. The van der Waals surface area contributed by atoms with Crippen molar-refractivity contribution in [3.8, 4) is 11.5 Å². The van der Waals surface area contributed by atoms with Gasteiger partial charge < -0.3 is 19.7 Å². The van der Waals surface area contributed by atoms with Crippen LogP contribution in [0.1, 0.15) is 19.4 Å². The van der Waals surface area contributed by atoms with Gasteiger partial charge in [-0.2, -0.15) is 8.78 Å². The standard InChI is InChI=1S/C17H24F2N2O3/c1-4-23-15-7-12(5-6-14(15)24-17(18)19)10-21(3)16(22)11(2)13-8-20-9-13/h5-7,11,13,17,20H,4,8-10H2,1-3H3. The van der Waals surface area contributed by atoms with E-state index in [9.17, 15) is 13.6 Å². The predicted molar refractivity (Wildman–Crippen MR) is 86.2 cm³/mol. The summed E-state index contributed by atoms with van der Waals surface area (Å²) in [5, 5.41) is 3.17.